The second-order valence-corrected chi connectivity index (χ2v) is 7.74. The normalized spacial score (nSPS) is 13.8. The van der Waals surface area contributed by atoms with E-state index in [0.29, 0.717) is 4.90 Å². The third-order valence-electron chi connectivity index (χ3n) is 3.42. The highest BCUT2D eigenvalue weighted by Gasteiger charge is 2.24. The Bertz CT molecular complexity index is 665. The monoisotopic (exact) mass is 323 g/mol. The first-order valence-electron chi connectivity index (χ1n) is 7.33. The van der Waals surface area contributed by atoms with E-state index in [1.54, 1.807) is 19.9 Å². The van der Waals surface area contributed by atoms with Crippen LogP contribution in [0.1, 0.15) is 37.5 Å². The molecule has 1 atom stereocenters. The van der Waals surface area contributed by atoms with Crippen LogP contribution in [0.25, 0.3) is 0 Å². The Labute approximate surface area is 133 Å². The van der Waals surface area contributed by atoms with Crippen LogP contribution in [-0.4, -0.2) is 20.2 Å². The molecule has 0 unspecified atom stereocenters. The van der Waals surface area contributed by atoms with Crippen LogP contribution in [0, 0.1) is 26.7 Å². The van der Waals surface area contributed by atoms with Crippen molar-refractivity contribution in [3.05, 3.63) is 41.0 Å². The quantitative estimate of drug-likeness (QED) is 0.818. The molecule has 0 spiro atoms. The van der Waals surface area contributed by atoms with Gasteiger partial charge in [-0.15, -0.1) is 0 Å². The Morgan fingerprint density at radius 2 is 1.64 bits per heavy atom. The Hall–Kier alpha value is -1.46. The summed E-state index contributed by atoms with van der Waals surface area (Å²) in [5.74, 6) is -0.0658. The van der Waals surface area contributed by atoms with Crippen molar-refractivity contribution < 1.29 is 13.2 Å². The van der Waals surface area contributed by atoms with Crippen molar-refractivity contribution >= 4 is 15.8 Å². The van der Waals surface area contributed by atoms with Crippen molar-refractivity contribution in [2.45, 2.75) is 52.5 Å². The van der Waals surface area contributed by atoms with Gasteiger partial charge in [-0.05, 0) is 50.8 Å². The summed E-state index contributed by atoms with van der Waals surface area (Å²) in [7, 11) is -3.64. The van der Waals surface area contributed by atoms with Crippen molar-refractivity contribution in [1.29, 1.82) is 0 Å². The van der Waals surface area contributed by atoms with Gasteiger partial charge in [0.2, 0.25) is 10.0 Å². The fourth-order valence-electron chi connectivity index (χ4n) is 2.47. The van der Waals surface area contributed by atoms with E-state index in [-0.39, 0.29) is 11.7 Å². The molecule has 1 N–H and O–H groups in total. The number of nitrogens with one attached hydrogen (secondary N) is 1. The largest absolute Gasteiger partial charge is 0.295 e. The molecule has 22 heavy (non-hydrogen) atoms. The van der Waals surface area contributed by atoms with Crippen LogP contribution in [0.5, 0.6) is 0 Å². The molecule has 0 aliphatic heterocycles. The maximum Gasteiger partial charge on any atom is 0.241 e. The summed E-state index contributed by atoms with van der Waals surface area (Å²) in [4.78, 5) is 11.4. The molecule has 5 heteroatoms. The summed E-state index contributed by atoms with van der Waals surface area (Å²) in [5, 5.41) is 0. The van der Waals surface area contributed by atoms with E-state index in [1.165, 1.54) is 13.0 Å². The Balaban J connectivity index is 3.21. The number of hydrogen-bond donors (Lipinski definition) is 1. The first-order chi connectivity index (χ1) is 10.0. The van der Waals surface area contributed by atoms with Crippen LogP contribution >= 0.6 is 0 Å². The molecule has 1 aromatic rings. The van der Waals surface area contributed by atoms with Gasteiger partial charge in [-0.2, -0.15) is 0 Å². The minimum Gasteiger partial charge on any atom is -0.295 e. The SMILES string of the molecule is CC(=O)/C=C/[C@@H](NS(=O)(=O)c1c(C)cc(C)cc1C)C(C)C. The zero-order chi connectivity index (χ0) is 17.1. The van der Waals surface area contributed by atoms with Crippen LogP contribution < -0.4 is 4.72 Å². The van der Waals surface area contributed by atoms with E-state index < -0.39 is 16.1 Å². The summed E-state index contributed by atoms with van der Waals surface area (Å²) in [6, 6.07) is 3.29. The van der Waals surface area contributed by atoms with Crippen molar-refractivity contribution in [3.63, 3.8) is 0 Å². The molecule has 4 nitrogen and oxygen atoms in total. The third kappa shape index (κ3) is 4.78. The Morgan fingerprint density at radius 3 is 2.05 bits per heavy atom. The lowest BCUT2D eigenvalue weighted by Gasteiger charge is -2.21. The van der Waals surface area contributed by atoms with Gasteiger partial charge in [0.1, 0.15) is 0 Å². The number of aryl methyl sites for hydroxylation is 3. The van der Waals surface area contributed by atoms with Gasteiger partial charge in [0.05, 0.1) is 4.90 Å². The molecule has 0 aliphatic rings. The number of rotatable bonds is 6. The predicted molar refractivity (Wildman–Crippen MR) is 89.4 cm³/mol. The molecule has 0 radical (unpaired) electrons. The van der Waals surface area contributed by atoms with E-state index in [4.69, 9.17) is 0 Å². The number of benzene rings is 1. The van der Waals surface area contributed by atoms with E-state index in [9.17, 15) is 13.2 Å². The summed E-state index contributed by atoms with van der Waals surface area (Å²) in [6.07, 6.45) is 3.02. The lowest BCUT2D eigenvalue weighted by molar-refractivity contribution is -0.112. The highest BCUT2D eigenvalue weighted by Crippen LogP contribution is 2.22. The standard InChI is InChI=1S/C17H25NO3S/c1-11(2)16(8-7-15(6)19)18-22(20,21)17-13(4)9-12(3)10-14(17)5/h7-11,16,18H,1-6H3/b8-7+/t16-/m1/s1. The van der Waals surface area contributed by atoms with Gasteiger partial charge >= 0.3 is 0 Å². The predicted octanol–water partition coefficient (Wildman–Crippen LogP) is 3.06. The number of carbonyl (C=O) groups is 1. The summed E-state index contributed by atoms with van der Waals surface area (Å²) < 4.78 is 28.1. The van der Waals surface area contributed by atoms with Crippen LogP contribution in [-0.2, 0) is 14.8 Å². The zero-order valence-electron chi connectivity index (χ0n) is 14.1. The minimum absolute atomic E-state index is 0.0384. The van der Waals surface area contributed by atoms with Gasteiger partial charge in [-0.3, -0.25) is 4.79 Å². The minimum atomic E-state index is -3.64. The average Bonchev–Trinajstić information content (AvgIpc) is 2.31. The molecule has 0 aliphatic carbocycles. The first-order valence-corrected chi connectivity index (χ1v) is 8.82. The van der Waals surface area contributed by atoms with Crippen LogP contribution in [0.2, 0.25) is 0 Å². The van der Waals surface area contributed by atoms with Gasteiger partial charge in [-0.25, -0.2) is 13.1 Å². The second-order valence-electron chi connectivity index (χ2n) is 6.09. The molecule has 122 valence electrons. The summed E-state index contributed by atoms with van der Waals surface area (Å²) in [6.45, 7) is 10.8. The molecule has 1 rings (SSSR count). The number of ketones is 1. The second kappa shape index (κ2) is 7.20. The van der Waals surface area contributed by atoms with Crippen LogP contribution in [0.15, 0.2) is 29.2 Å². The lowest BCUT2D eigenvalue weighted by atomic mass is 10.1. The van der Waals surface area contributed by atoms with Crippen molar-refractivity contribution in [3.8, 4) is 0 Å². The van der Waals surface area contributed by atoms with Gasteiger partial charge in [0, 0.05) is 6.04 Å². The molecule has 0 heterocycles. The molecule has 0 amide bonds. The van der Waals surface area contributed by atoms with Crippen LogP contribution in [0.3, 0.4) is 0 Å². The van der Waals surface area contributed by atoms with Crippen LogP contribution in [0.4, 0.5) is 0 Å². The molecule has 1 aromatic carbocycles. The fraction of sp³-hybridized carbons (Fsp3) is 0.471. The van der Waals surface area contributed by atoms with E-state index in [2.05, 4.69) is 4.72 Å². The Kier molecular flexibility index (Phi) is 6.08. The molecule has 0 bridgehead atoms. The molecular formula is C17H25NO3S. The van der Waals surface area contributed by atoms with Gasteiger partial charge in [-0.1, -0.05) is 37.6 Å². The average molecular weight is 323 g/mol. The molecule has 0 saturated heterocycles. The van der Waals surface area contributed by atoms with Crippen molar-refractivity contribution in [2.24, 2.45) is 5.92 Å². The molecule has 0 aromatic heterocycles. The van der Waals surface area contributed by atoms with Gasteiger partial charge < -0.3 is 0 Å². The number of sulfonamides is 1. The van der Waals surface area contributed by atoms with Crippen molar-refractivity contribution in [1.82, 2.24) is 4.72 Å². The molecular weight excluding hydrogens is 298 g/mol. The molecule has 0 saturated carbocycles. The maximum absolute atomic E-state index is 12.7. The first kappa shape index (κ1) is 18.6. The summed E-state index contributed by atoms with van der Waals surface area (Å²) in [5.41, 5.74) is 2.48. The lowest BCUT2D eigenvalue weighted by Crippen LogP contribution is -2.37. The van der Waals surface area contributed by atoms with E-state index in [0.717, 1.165) is 16.7 Å². The molecule has 0 fully saturated rings. The third-order valence-corrected chi connectivity index (χ3v) is 5.19. The topological polar surface area (TPSA) is 63.2 Å². The van der Waals surface area contributed by atoms with E-state index in [1.807, 2.05) is 32.9 Å². The van der Waals surface area contributed by atoms with E-state index >= 15 is 0 Å². The zero-order valence-corrected chi connectivity index (χ0v) is 14.9. The fourth-order valence-corrected chi connectivity index (χ4v) is 4.26. The number of carbonyl (C=O) groups excluding carboxylic acids is 1. The smallest absolute Gasteiger partial charge is 0.241 e. The van der Waals surface area contributed by atoms with Gasteiger partial charge in [0.25, 0.3) is 0 Å². The number of hydrogen-bond acceptors (Lipinski definition) is 3. The highest BCUT2D eigenvalue weighted by molar-refractivity contribution is 7.89. The summed E-state index contributed by atoms with van der Waals surface area (Å²) >= 11 is 0. The van der Waals surface area contributed by atoms with Gasteiger partial charge in [0.15, 0.2) is 5.78 Å². The highest BCUT2D eigenvalue weighted by atomic mass is 32.2. The number of allylic oxidation sites excluding steroid dienone is 1. The maximum atomic E-state index is 12.7. The Morgan fingerprint density at radius 1 is 1.14 bits per heavy atom. The van der Waals surface area contributed by atoms with Crippen molar-refractivity contribution in [2.75, 3.05) is 0 Å².